The summed E-state index contributed by atoms with van der Waals surface area (Å²) in [4.78, 5) is 22.6. The van der Waals surface area contributed by atoms with Gasteiger partial charge in [-0.2, -0.15) is 0 Å². The SMILES string of the molecule is CCOC(=O)C(=CC1OC(CC)(CC)OC1COC1CCCCO1)CC[N+](=O)[O-]. The van der Waals surface area contributed by atoms with E-state index in [2.05, 4.69) is 0 Å². The Bertz CT molecular complexity index is 569. The monoisotopic (exact) mass is 415 g/mol. The summed E-state index contributed by atoms with van der Waals surface area (Å²) in [6.07, 6.45) is 4.47. The minimum Gasteiger partial charge on any atom is -0.463 e. The van der Waals surface area contributed by atoms with E-state index in [-0.39, 0.29) is 38.0 Å². The number of nitrogens with zero attached hydrogens (tertiary/aromatic N) is 1. The third kappa shape index (κ3) is 7.02. The second-order valence-electron chi connectivity index (χ2n) is 7.20. The van der Waals surface area contributed by atoms with Crippen molar-refractivity contribution < 1.29 is 33.4 Å². The zero-order chi connectivity index (χ0) is 21.3. The maximum atomic E-state index is 12.3. The number of esters is 1. The summed E-state index contributed by atoms with van der Waals surface area (Å²) in [5.74, 6) is -1.34. The Balaban J connectivity index is 2.15. The minimum atomic E-state index is -0.772. The van der Waals surface area contributed by atoms with Crippen molar-refractivity contribution in [2.75, 3.05) is 26.4 Å². The van der Waals surface area contributed by atoms with Crippen LogP contribution in [0.15, 0.2) is 11.6 Å². The molecule has 0 aromatic carbocycles. The molecule has 0 N–H and O–H groups in total. The molecule has 2 saturated heterocycles. The summed E-state index contributed by atoms with van der Waals surface area (Å²) in [5, 5.41) is 10.8. The molecule has 0 bridgehead atoms. The second kappa shape index (κ2) is 11.6. The summed E-state index contributed by atoms with van der Waals surface area (Å²) in [5.41, 5.74) is 0.221. The highest BCUT2D eigenvalue weighted by Gasteiger charge is 2.45. The Morgan fingerprint density at radius 3 is 2.59 bits per heavy atom. The zero-order valence-electron chi connectivity index (χ0n) is 17.6. The molecule has 9 nitrogen and oxygen atoms in total. The highest BCUT2D eigenvalue weighted by Crippen LogP contribution is 2.36. The van der Waals surface area contributed by atoms with Crippen molar-refractivity contribution in [3.05, 3.63) is 21.8 Å². The van der Waals surface area contributed by atoms with Gasteiger partial charge in [0.05, 0.1) is 13.2 Å². The summed E-state index contributed by atoms with van der Waals surface area (Å²) >= 11 is 0. The first kappa shape index (κ1) is 23.7. The lowest BCUT2D eigenvalue weighted by Gasteiger charge is -2.26. The smallest absolute Gasteiger partial charge is 0.334 e. The number of ether oxygens (including phenoxy) is 5. The van der Waals surface area contributed by atoms with Crippen molar-refractivity contribution in [3.8, 4) is 0 Å². The van der Waals surface area contributed by atoms with Crippen LogP contribution in [-0.2, 0) is 28.5 Å². The van der Waals surface area contributed by atoms with Crippen molar-refractivity contribution >= 4 is 5.97 Å². The third-order valence-corrected chi connectivity index (χ3v) is 5.21. The summed E-state index contributed by atoms with van der Waals surface area (Å²) < 4.78 is 28.9. The van der Waals surface area contributed by atoms with E-state index in [4.69, 9.17) is 23.7 Å². The van der Waals surface area contributed by atoms with Crippen molar-refractivity contribution in [1.82, 2.24) is 0 Å². The Hall–Kier alpha value is -1.55. The maximum absolute atomic E-state index is 12.3. The highest BCUT2D eigenvalue weighted by atomic mass is 16.8. The van der Waals surface area contributed by atoms with Gasteiger partial charge < -0.3 is 23.7 Å². The van der Waals surface area contributed by atoms with Gasteiger partial charge in [0.25, 0.3) is 0 Å². The number of rotatable bonds is 11. The maximum Gasteiger partial charge on any atom is 0.334 e. The molecule has 9 heteroatoms. The Labute approximate surface area is 171 Å². The van der Waals surface area contributed by atoms with E-state index in [1.807, 2.05) is 13.8 Å². The first-order valence-electron chi connectivity index (χ1n) is 10.5. The quantitative estimate of drug-likeness (QED) is 0.219. The highest BCUT2D eigenvalue weighted by molar-refractivity contribution is 5.88. The predicted molar refractivity (Wildman–Crippen MR) is 104 cm³/mol. The fraction of sp³-hybridized carbons (Fsp3) is 0.850. The molecule has 29 heavy (non-hydrogen) atoms. The van der Waals surface area contributed by atoms with Crippen LogP contribution >= 0.6 is 0 Å². The van der Waals surface area contributed by atoms with Crippen molar-refractivity contribution in [1.29, 1.82) is 0 Å². The molecule has 2 aliphatic rings. The number of nitro groups is 1. The lowest BCUT2D eigenvalue weighted by Crippen LogP contribution is -2.32. The molecule has 2 aliphatic heterocycles. The molecule has 0 aromatic heterocycles. The van der Waals surface area contributed by atoms with Crippen LogP contribution in [0, 0.1) is 10.1 Å². The number of carbonyl (C=O) groups is 1. The van der Waals surface area contributed by atoms with Crippen LogP contribution in [0.25, 0.3) is 0 Å². The lowest BCUT2D eigenvalue weighted by molar-refractivity contribution is -0.479. The molecule has 3 atom stereocenters. The van der Waals surface area contributed by atoms with Gasteiger partial charge in [-0.05, 0) is 45.1 Å². The topological polar surface area (TPSA) is 106 Å². The van der Waals surface area contributed by atoms with Gasteiger partial charge in [-0.15, -0.1) is 0 Å². The van der Waals surface area contributed by atoms with Crippen molar-refractivity contribution in [2.45, 2.75) is 83.6 Å². The molecule has 0 amide bonds. The van der Waals surface area contributed by atoms with Gasteiger partial charge in [-0.1, -0.05) is 13.8 Å². The van der Waals surface area contributed by atoms with Gasteiger partial charge >= 0.3 is 5.97 Å². The lowest BCUT2D eigenvalue weighted by atomic mass is 10.1. The van der Waals surface area contributed by atoms with E-state index in [1.54, 1.807) is 13.0 Å². The average Bonchev–Trinajstić information content (AvgIpc) is 3.08. The standard InChI is InChI=1S/C20H33NO8/c1-4-20(5-2)28-16(13-15(10-11-21(23)24)19(22)25-6-3)17(29-20)14-27-18-9-7-8-12-26-18/h13,16-18H,4-12,14H2,1-3H3. The van der Waals surface area contributed by atoms with E-state index in [1.165, 1.54) is 0 Å². The van der Waals surface area contributed by atoms with E-state index < -0.39 is 28.9 Å². The third-order valence-electron chi connectivity index (χ3n) is 5.21. The molecule has 0 radical (unpaired) electrons. The molecule has 166 valence electrons. The van der Waals surface area contributed by atoms with Crippen LogP contribution in [0.1, 0.15) is 59.3 Å². The molecule has 3 unspecified atom stereocenters. The molecule has 0 aliphatic carbocycles. The average molecular weight is 415 g/mol. The predicted octanol–water partition coefficient (Wildman–Crippen LogP) is 2.99. The second-order valence-corrected chi connectivity index (χ2v) is 7.20. The van der Waals surface area contributed by atoms with Gasteiger partial charge in [-0.3, -0.25) is 10.1 Å². The molecule has 0 spiro atoms. The number of hydrogen-bond acceptors (Lipinski definition) is 8. The largest absolute Gasteiger partial charge is 0.463 e. The van der Waals surface area contributed by atoms with E-state index in [9.17, 15) is 14.9 Å². The molecule has 0 aromatic rings. The van der Waals surface area contributed by atoms with E-state index in [0.717, 1.165) is 19.3 Å². The normalized spacial score (nSPS) is 27.0. The molecule has 0 saturated carbocycles. The first-order chi connectivity index (χ1) is 13.9. The minimum absolute atomic E-state index is 0.0315. The molecular weight excluding hydrogens is 382 g/mol. The van der Waals surface area contributed by atoms with Crippen LogP contribution in [0.5, 0.6) is 0 Å². The van der Waals surface area contributed by atoms with Gasteiger partial charge in [0, 0.05) is 23.5 Å². The van der Waals surface area contributed by atoms with Crippen LogP contribution in [0.4, 0.5) is 0 Å². The van der Waals surface area contributed by atoms with Gasteiger partial charge in [-0.25, -0.2) is 4.79 Å². The Morgan fingerprint density at radius 2 is 2.00 bits per heavy atom. The molecular formula is C20H33NO8. The first-order valence-corrected chi connectivity index (χ1v) is 10.5. The van der Waals surface area contributed by atoms with Crippen LogP contribution in [0.3, 0.4) is 0 Å². The van der Waals surface area contributed by atoms with E-state index >= 15 is 0 Å². The Morgan fingerprint density at radius 1 is 1.24 bits per heavy atom. The van der Waals surface area contributed by atoms with Gasteiger partial charge in [0.2, 0.25) is 6.54 Å². The fourth-order valence-electron chi connectivity index (χ4n) is 3.48. The summed E-state index contributed by atoms with van der Waals surface area (Å²) in [7, 11) is 0. The molecule has 2 fully saturated rings. The molecule has 2 heterocycles. The number of hydrogen-bond donors (Lipinski definition) is 0. The fourth-order valence-corrected chi connectivity index (χ4v) is 3.48. The van der Waals surface area contributed by atoms with Crippen LogP contribution in [-0.4, -0.2) is 61.5 Å². The van der Waals surface area contributed by atoms with Gasteiger partial charge in [0.15, 0.2) is 12.1 Å². The number of carbonyl (C=O) groups excluding carboxylic acids is 1. The van der Waals surface area contributed by atoms with Crippen molar-refractivity contribution in [3.63, 3.8) is 0 Å². The summed E-state index contributed by atoms with van der Waals surface area (Å²) in [6, 6.07) is 0. The summed E-state index contributed by atoms with van der Waals surface area (Å²) in [6.45, 7) is 6.39. The van der Waals surface area contributed by atoms with Crippen molar-refractivity contribution in [2.24, 2.45) is 0 Å². The van der Waals surface area contributed by atoms with Crippen LogP contribution < -0.4 is 0 Å². The van der Waals surface area contributed by atoms with E-state index in [0.29, 0.717) is 19.4 Å². The van der Waals surface area contributed by atoms with Crippen LogP contribution in [0.2, 0.25) is 0 Å². The Kier molecular flexibility index (Phi) is 9.48. The van der Waals surface area contributed by atoms with Gasteiger partial charge in [0.1, 0.15) is 12.2 Å². The zero-order valence-corrected chi connectivity index (χ0v) is 17.6. The molecule has 2 rings (SSSR count).